The Morgan fingerprint density at radius 1 is 0.957 bits per heavy atom. The maximum absolute atomic E-state index is 11.1. The highest BCUT2D eigenvalue weighted by Gasteiger charge is 2.16. The molecule has 23 heavy (non-hydrogen) atoms. The van der Waals surface area contributed by atoms with Crippen LogP contribution in [0.15, 0.2) is 42.1 Å². The minimum atomic E-state index is -1.22. The Balaban J connectivity index is 0.00000264. The van der Waals surface area contributed by atoms with Crippen LogP contribution in [-0.4, -0.2) is 44.7 Å². The van der Waals surface area contributed by atoms with E-state index in [-0.39, 0.29) is 46.8 Å². The molecule has 1 heterocycles. The van der Waals surface area contributed by atoms with Gasteiger partial charge < -0.3 is 20.2 Å². The quantitative estimate of drug-likeness (QED) is 0.711. The lowest BCUT2D eigenvalue weighted by molar-refractivity contribution is -0.132. The highest BCUT2D eigenvalue weighted by Crippen LogP contribution is 2.16. The van der Waals surface area contributed by atoms with Gasteiger partial charge in [-0.1, -0.05) is 0 Å². The third-order valence-electron chi connectivity index (χ3n) is 3.11. The van der Waals surface area contributed by atoms with Gasteiger partial charge in [-0.05, 0) is 42.1 Å². The monoisotopic (exact) mass is 383 g/mol. The Morgan fingerprint density at radius 2 is 1.52 bits per heavy atom. The van der Waals surface area contributed by atoms with Crippen molar-refractivity contribution < 1.29 is 29.7 Å². The summed E-state index contributed by atoms with van der Waals surface area (Å²) in [6.45, 7) is 0.369. The summed E-state index contributed by atoms with van der Waals surface area (Å²) >= 11 is 0. The fraction of sp³-hybridized carbons (Fsp3) is 0.133. The van der Waals surface area contributed by atoms with Crippen molar-refractivity contribution in [1.29, 1.82) is 0 Å². The fourth-order valence-electron chi connectivity index (χ4n) is 2.12. The number of carboxylic acid groups (broad SMARTS) is 3. The molecule has 0 amide bonds. The summed E-state index contributed by atoms with van der Waals surface area (Å²) in [5.74, 6) is -3.46. The summed E-state index contributed by atoms with van der Waals surface area (Å²) in [5.41, 5.74) is 0.443. The maximum Gasteiger partial charge on any atom is 0.335 e. The van der Waals surface area contributed by atoms with Gasteiger partial charge in [-0.15, -0.1) is 17.0 Å². The predicted octanol–water partition coefficient (Wildman–Crippen LogP) is 2.00. The Hall–Kier alpha value is -2.61. The standard InChI is InChI=1S/C15H13NO6.BrH/c17-13(18)10-2-1-3-16(8-10)7-9-4-11(14(19)20)6-12(5-9)15(21)22;/h1-6H,7-8H2,(H,17,18)(H,19,20)(H,21,22);1H. The molecule has 0 saturated carbocycles. The van der Waals surface area contributed by atoms with Gasteiger partial charge in [0, 0.05) is 13.1 Å². The molecule has 3 N–H and O–H groups in total. The Bertz CT molecular complexity index is 678. The van der Waals surface area contributed by atoms with Gasteiger partial charge in [-0.2, -0.15) is 0 Å². The van der Waals surface area contributed by atoms with Crippen molar-refractivity contribution in [1.82, 2.24) is 4.90 Å². The average molecular weight is 384 g/mol. The molecule has 0 radical (unpaired) electrons. The van der Waals surface area contributed by atoms with Crippen LogP contribution >= 0.6 is 17.0 Å². The van der Waals surface area contributed by atoms with Gasteiger partial charge in [0.05, 0.1) is 16.7 Å². The van der Waals surface area contributed by atoms with Gasteiger partial charge in [0.25, 0.3) is 0 Å². The molecule has 0 atom stereocenters. The van der Waals surface area contributed by atoms with E-state index in [0.29, 0.717) is 5.56 Å². The zero-order valence-corrected chi connectivity index (χ0v) is 13.5. The van der Waals surface area contributed by atoms with Crippen LogP contribution in [0.4, 0.5) is 0 Å². The number of hydrogen-bond acceptors (Lipinski definition) is 4. The third kappa shape index (κ3) is 4.68. The molecule has 1 aliphatic rings. The van der Waals surface area contributed by atoms with E-state index in [0.717, 1.165) is 6.07 Å². The summed E-state index contributed by atoms with van der Waals surface area (Å²) < 4.78 is 0. The molecular formula is C15H14BrNO6. The van der Waals surface area contributed by atoms with Crippen LogP contribution in [-0.2, 0) is 11.3 Å². The molecule has 1 aliphatic heterocycles. The molecular weight excluding hydrogens is 370 g/mol. The fourth-order valence-corrected chi connectivity index (χ4v) is 2.12. The lowest BCUT2D eigenvalue weighted by Crippen LogP contribution is -2.25. The lowest BCUT2D eigenvalue weighted by atomic mass is 10.0. The second kappa shape index (κ2) is 7.59. The maximum atomic E-state index is 11.1. The Labute approximate surface area is 141 Å². The first-order valence-corrected chi connectivity index (χ1v) is 6.32. The Kier molecular flexibility index (Phi) is 6.09. The minimum Gasteiger partial charge on any atom is -0.478 e. The van der Waals surface area contributed by atoms with Gasteiger partial charge in [-0.3, -0.25) is 0 Å². The van der Waals surface area contributed by atoms with Gasteiger partial charge >= 0.3 is 17.9 Å². The summed E-state index contributed by atoms with van der Waals surface area (Å²) in [7, 11) is 0. The number of rotatable bonds is 5. The second-order valence-corrected chi connectivity index (χ2v) is 4.77. The van der Waals surface area contributed by atoms with Crippen LogP contribution in [0, 0.1) is 0 Å². The van der Waals surface area contributed by atoms with E-state index in [9.17, 15) is 14.4 Å². The topological polar surface area (TPSA) is 115 Å². The molecule has 0 aliphatic carbocycles. The highest BCUT2D eigenvalue weighted by molar-refractivity contribution is 8.93. The van der Waals surface area contributed by atoms with Crippen molar-refractivity contribution in [2.45, 2.75) is 6.54 Å². The van der Waals surface area contributed by atoms with Crippen molar-refractivity contribution in [2.24, 2.45) is 0 Å². The molecule has 0 spiro atoms. The molecule has 0 bridgehead atoms. The van der Waals surface area contributed by atoms with Crippen molar-refractivity contribution in [3.05, 3.63) is 58.8 Å². The molecule has 0 unspecified atom stereocenters. The van der Waals surface area contributed by atoms with Crippen LogP contribution in [0.3, 0.4) is 0 Å². The third-order valence-corrected chi connectivity index (χ3v) is 3.11. The number of hydrogen-bond donors (Lipinski definition) is 3. The van der Waals surface area contributed by atoms with E-state index in [1.165, 1.54) is 18.2 Å². The van der Waals surface area contributed by atoms with Gasteiger partial charge in [0.1, 0.15) is 0 Å². The van der Waals surface area contributed by atoms with Gasteiger partial charge in [-0.25, -0.2) is 14.4 Å². The van der Waals surface area contributed by atoms with E-state index >= 15 is 0 Å². The van der Waals surface area contributed by atoms with E-state index < -0.39 is 17.9 Å². The number of allylic oxidation sites excluding steroid dienone is 2. The van der Waals surface area contributed by atoms with Crippen molar-refractivity contribution >= 4 is 34.9 Å². The van der Waals surface area contributed by atoms with Crippen LogP contribution < -0.4 is 0 Å². The van der Waals surface area contributed by atoms with E-state index in [2.05, 4.69) is 0 Å². The number of aliphatic carboxylic acids is 1. The number of nitrogens with zero attached hydrogens (tertiary/aromatic N) is 1. The molecule has 2 rings (SSSR count). The van der Waals surface area contributed by atoms with E-state index in [1.54, 1.807) is 17.2 Å². The number of aromatic carboxylic acids is 2. The largest absolute Gasteiger partial charge is 0.478 e. The number of benzene rings is 1. The smallest absolute Gasteiger partial charge is 0.335 e. The average Bonchev–Trinajstić information content (AvgIpc) is 2.47. The normalized spacial score (nSPS) is 13.0. The highest BCUT2D eigenvalue weighted by atomic mass is 79.9. The van der Waals surface area contributed by atoms with Crippen molar-refractivity contribution in [3.63, 3.8) is 0 Å². The van der Waals surface area contributed by atoms with Crippen LogP contribution in [0.5, 0.6) is 0 Å². The van der Waals surface area contributed by atoms with Crippen LogP contribution in [0.25, 0.3) is 0 Å². The van der Waals surface area contributed by atoms with Gasteiger partial charge in [0.15, 0.2) is 0 Å². The molecule has 7 nitrogen and oxygen atoms in total. The van der Waals surface area contributed by atoms with E-state index in [4.69, 9.17) is 15.3 Å². The first-order valence-electron chi connectivity index (χ1n) is 6.32. The first-order chi connectivity index (χ1) is 10.4. The van der Waals surface area contributed by atoms with Crippen LogP contribution in [0.2, 0.25) is 0 Å². The molecule has 1 aromatic rings. The summed E-state index contributed by atoms with van der Waals surface area (Å²) in [6, 6.07) is 3.84. The molecule has 122 valence electrons. The first kappa shape index (κ1) is 18.4. The SMILES string of the molecule is Br.O=C(O)C1=CC=CN(Cc2cc(C(=O)O)cc(C(=O)O)c2)C1. The van der Waals surface area contributed by atoms with Crippen molar-refractivity contribution in [2.75, 3.05) is 6.54 Å². The van der Waals surface area contributed by atoms with Gasteiger partial charge in [0.2, 0.25) is 0 Å². The lowest BCUT2D eigenvalue weighted by Gasteiger charge is -2.23. The Morgan fingerprint density at radius 3 is 2.00 bits per heavy atom. The second-order valence-electron chi connectivity index (χ2n) is 4.77. The minimum absolute atomic E-state index is 0. The molecule has 8 heteroatoms. The number of carbonyl (C=O) groups is 3. The van der Waals surface area contributed by atoms with Crippen LogP contribution in [0.1, 0.15) is 26.3 Å². The summed E-state index contributed by atoms with van der Waals surface area (Å²) in [6.07, 6.45) is 4.72. The van der Waals surface area contributed by atoms with Crippen molar-refractivity contribution in [3.8, 4) is 0 Å². The molecule has 0 saturated heterocycles. The summed E-state index contributed by atoms with van der Waals surface area (Å²) in [4.78, 5) is 34.7. The zero-order valence-electron chi connectivity index (χ0n) is 11.8. The number of carboxylic acids is 3. The zero-order chi connectivity index (χ0) is 16.3. The molecule has 0 fully saturated rings. The predicted molar refractivity (Wildman–Crippen MR) is 86.0 cm³/mol. The number of halogens is 1. The van der Waals surface area contributed by atoms with E-state index in [1.807, 2.05) is 0 Å². The molecule has 1 aromatic carbocycles. The molecule has 0 aromatic heterocycles. The summed E-state index contributed by atoms with van der Waals surface area (Å²) in [5, 5.41) is 27.0.